The predicted molar refractivity (Wildman–Crippen MR) is 75.2 cm³/mol. The van der Waals surface area contributed by atoms with Crippen molar-refractivity contribution in [3.05, 3.63) is 12.7 Å². The van der Waals surface area contributed by atoms with Crippen LogP contribution in [-0.2, 0) is 0 Å². The molecule has 0 heterocycles. The molecule has 0 amide bonds. The van der Waals surface area contributed by atoms with Gasteiger partial charge in [-0.2, -0.15) is 0 Å². The molecular weight excluding hydrogens is 222 g/mol. The van der Waals surface area contributed by atoms with Crippen molar-refractivity contribution in [2.45, 2.75) is 32.1 Å². The van der Waals surface area contributed by atoms with Gasteiger partial charge in [0.05, 0.1) is 0 Å². The van der Waals surface area contributed by atoms with Gasteiger partial charge in [-0.05, 0) is 61.7 Å². The number of hydrogen-bond donors (Lipinski definition) is 2. The maximum Gasteiger partial charge on any atom is 0.188 e. The SMILES string of the molecule is C=CCNC(N)=NCC1C2CC3CC(C2)CC1C3. The van der Waals surface area contributed by atoms with Crippen LogP contribution in [-0.4, -0.2) is 19.0 Å². The molecule has 0 spiro atoms. The van der Waals surface area contributed by atoms with E-state index in [9.17, 15) is 0 Å². The summed E-state index contributed by atoms with van der Waals surface area (Å²) < 4.78 is 0. The van der Waals surface area contributed by atoms with Crippen LogP contribution >= 0.6 is 0 Å². The van der Waals surface area contributed by atoms with E-state index < -0.39 is 0 Å². The lowest BCUT2D eigenvalue weighted by Gasteiger charge is -2.54. The molecule has 0 aromatic rings. The van der Waals surface area contributed by atoms with E-state index in [1.807, 2.05) is 6.08 Å². The molecule has 100 valence electrons. The summed E-state index contributed by atoms with van der Waals surface area (Å²) >= 11 is 0. The van der Waals surface area contributed by atoms with Crippen molar-refractivity contribution in [3.8, 4) is 0 Å². The van der Waals surface area contributed by atoms with Crippen molar-refractivity contribution in [1.29, 1.82) is 0 Å². The highest BCUT2D eigenvalue weighted by molar-refractivity contribution is 5.77. The Kier molecular flexibility index (Phi) is 3.31. The number of guanidine groups is 1. The van der Waals surface area contributed by atoms with E-state index >= 15 is 0 Å². The fraction of sp³-hybridized carbons (Fsp3) is 0.800. The first kappa shape index (κ1) is 12.1. The monoisotopic (exact) mass is 247 g/mol. The average molecular weight is 247 g/mol. The molecule has 0 unspecified atom stereocenters. The van der Waals surface area contributed by atoms with Crippen LogP contribution < -0.4 is 11.1 Å². The van der Waals surface area contributed by atoms with Crippen molar-refractivity contribution in [2.75, 3.05) is 13.1 Å². The van der Waals surface area contributed by atoms with Crippen LogP contribution in [0.3, 0.4) is 0 Å². The van der Waals surface area contributed by atoms with E-state index in [2.05, 4.69) is 16.9 Å². The topological polar surface area (TPSA) is 50.4 Å². The third-order valence-corrected chi connectivity index (χ3v) is 5.32. The second-order valence-electron chi connectivity index (χ2n) is 6.49. The average Bonchev–Trinajstić information content (AvgIpc) is 2.34. The van der Waals surface area contributed by atoms with E-state index in [0.717, 1.165) is 36.1 Å². The van der Waals surface area contributed by atoms with Gasteiger partial charge < -0.3 is 11.1 Å². The van der Waals surface area contributed by atoms with Gasteiger partial charge >= 0.3 is 0 Å². The Balaban J connectivity index is 1.58. The molecule has 18 heavy (non-hydrogen) atoms. The van der Waals surface area contributed by atoms with Gasteiger partial charge in [0.2, 0.25) is 0 Å². The summed E-state index contributed by atoms with van der Waals surface area (Å²) in [7, 11) is 0. The Bertz CT molecular complexity index is 320. The molecular formula is C15H25N3. The second-order valence-corrected chi connectivity index (χ2v) is 6.49. The Morgan fingerprint density at radius 1 is 1.17 bits per heavy atom. The fourth-order valence-electron chi connectivity index (χ4n) is 4.77. The zero-order chi connectivity index (χ0) is 12.5. The van der Waals surface area contributed by atoms with E-state index in [0.29, 0.717) is 12.5 Å². The number of rotatable bonds is 4. The van der Waals surface area contributed by atoms with E-state index in [4.69, 9.17) is 5.73 Å². The quantitative estimate of drug-likeness (QED) is 0.454. The van der Waals surface area contributed by atoms with Gasteiger partial charge in [0.1, 0.15) is 0 Å². The lowest BCUT2D eigenvalue weighted by Crippen LogP contribution is -2.46. The fourth-order valence-corrected chi connectivity index (χ4v) is 4.77. The Labute approximate surface area is 110 Å². The molecule has 4 saturated carbocycles. The zero-order valence-corrected chi connectivity index (χ0v) is 11.1. The van der Waals surface area contributed by atoms with Gasteiger partial charge in [-0.15, -0.1) is 6.58 Å². The first-order chi connectivity index (χ1) is 8.76. The zero-order valence-electron chi connectivity index (χ0n) is 11.1. The summed E-state index contributed by atoms with van der Waals surface area (Å²) in [5.41, 5.74) is 5.85. The minimum Gasteiger partial charge on any atom is -0.370 e. The number of nitrogens with zero attached hydrogens (tertiary/aromatic N) is 1. The van der Waals surface area contributed by atoms with Crippen LogP contribution in [0, 0.1) is 29.6 Å². The standard InChI is InChI=1S/C15H25N3/c1-2-3-17-15(16)18-9-14-12-5-10-4-11(7-12)8-13(14)6-10/h2,10-14H,1,3-9H2,(H3,16,17,18). The number of aliphatic imine (C=N–C) groups is 1. The van der Waals surface area contributed by atoms with Gasteiger partial charge in [0.25, 0.3) is 0 Å². The molecule has 0 atom stereocenters. The van der Waals surface area contributed by atoms with Crippen molar-refractivity contribution >= 4 is 5.96 Å². The summed E-state index contributed by atoms with van der Waals surface area (Å²) in [5, 5.41) is 3.06. The van der Waals surface area contributed by atoms with Crippen molar-refractivity contribution in [2.24, 2.45) is 40.3 Å². The third-order valence-electron chi connectivity index (χ3n) is 5.32. The van der Waals surface area contributed by atoms with Crippen molar-refractivity contribution in [1.82, 2.24) is 5.32 Å². The van der Waals surface area contributed by atoms with Crippen LogP contribution in [0.1, 0.15) is 32.1 Å². The summed E-state index contributed by atoms with van der Waals surface area (Å²) in [6.45, 7) is 5.31. The van der Waals surface area contributed by atoms with Crippen LogP contribution in [0.4, 0.5) is 0 Å². The lowest BCUT2D eigenvalue weighted by molar-refractivity contribution is -0.0320. The van der Waals surface area contributed by atoms with Crippen molar-refractivity contribution < 1.29 is 0 Å². The van der Waals surface area contributed by atoms with E-state index in [1.54, 1.807) is 0 Å². The molecule has 4 bridgehead atoms. The molecule has 0 aromatic carbocycles. The first-order valence-corrected chi connectivity index (χ1v) is 7.41. The van der Waals surface area contributed by atoms with Crippen LogP contribution in [0.2, 0.25) is 0 Å². The smallest absolute Gasteiger partial charge is 0.188 e. The molecule has 0 aromatic heterocycles. The first-order valence-electron chi connectivity index (χ1n) is 7.41. The van der Waals surface area contributed by atoms with Crippen molar-refractivity contribution in [3.63, 3.8) is 0 Å². The maximum absolute atomic E-state index is 5.85. The second kappa shape index (κ2) is 4.94. The molecule has 3 nitrogen and oxygen atoms in total. The van der Waals surface area contributed by atoms with Gasteiger partial charge in [-0.25, -0.2) is 0 Å². The summed E-state index contributed by atoms with van der Waals surface area (Å²) in [6, 6.07) is 0. The van der Waals surface area contributed by atoms with E-state index in [-0.39, 0.29) is 0 Å². The Morgan fingerprint density at radius 2 is 1.78 bits per heavy atom. The lowest BCUT2D eigenvalue weighted by atomic mass is 9.52. The molecule has 0 radical (unpaired) electrons. The minimum atomic E-state index is 0.587. The number of hydrogen-bond acceptors (Lipinski definition) is 1. The molecule has 4 rings (SSSR count). The minimum absolute atomic E-state index is 0.587. The van der Waals surface area contributed by atoms with Gasteiger partial charge in [-0.1, -0.05) is 6.08 Å². The van der Waals surface area contributed by atoms with Gasteiger partial charge in [-0.3, -0.25) is 4.99 Å². The normalized spacial score (nSPS) is 42.0. The summed E-state index contributed by atoms with van der Waals surface area (Å²) in [5.74, 6) is 5.37. The molecule has 3 heteroatoms. The third kappa shape index (κ3) is 2.27. The number of nitrogens with one attached hydrogen (secondary N) is 1. The molecule has 0 aliphatic heterocycles. The molecule has 4 aliphatic carbocycles. The Morgan fingerprint density at radius 3 is 2.33 bits per heavy atom. The molecule has 3 N–H and O–H groups in total. The molecule has 4 aliphatic rings. The van der Waals surface area contributed by atoms with Gasteiger partial charge in [0.15, 0.2) is 5.96 Å². The van der Waals surface area contributed by atoms with Crippen LogP contribution in [0.5, 0.6) is 0 Å². The highest BCUT2D eigenvalue weighted by atomic mass is 15.1. The molecule has 0 saturated heterocycles. The van der Waals surface area contributed by atoms with Gasteiger partial charge in [0, 0.05) is 13.1 Å². The highest BCUT2D eigenvalue weighted by Gasteiger charge is 2.47. The molecule has 4 fully saturated rings. The largest absolute Gasteiger partial charge is 0.370 e. The summed E-state index contributed by atoms with van der Waals surface area (Å²) in [4.78, 5) is 4.54. The summed E-state index contributed by atoms with van der Waals surface area (Å²) in [6.07, 6.45) is 9.19. The van der Waals surface area contributed by atoms with E-state index in [1.165, 1.54) is 32.1 Å². The Hall–Kier alpha value is -0.990. The predicted octanol–water partition coefficient (Wildman–Crippen LogP) is 2.15. The number of nitrogens with two attached hydrogens (primary N) is 1. The maximum atomic E-state index is 5.85. The van der Waals surface area contributed by atoms with Crippen LogP contribution in [0.15, 0.2) is 17.6 Å². The van der Waals surface area contributed by atoms with Crippen LogP contribution in [0.25, 0.3) is 0 Å². The highest BCUT2D eigenvalue weighted by Crippen LogP contribution is 2.56.